The molecule has 4 nitrogen and oxygen atoms in total. The van der Waals surface area contributed by atoms with Gasteiger partial charge < -0.3 is 18.9 Å². The first-order chi connectivity index (χ1) is 10.6. The largest absolute Gasteiger partial charge is 0.379 e. The van der Waals surface area contributed by atoms with Gasteiger partial charge in [0.05, 0.1) is 31.5 Å². The molecule has 0 N–H and O–H groups in total. The molecular formula is C18H34O4. The van der Waals surface area contributed by atoms with E-state index in [4.69, 9.17) is 18.9 Å². The first kappa shape index (κ1) is 18.2. The second-order valence-corrected chi connectivity index (χ2v) is 7.39. The van der Waals surface area contributed by atoms with Crippen molar-refractivity contribution in [3.05, 3.63) is 0 Å². The van der Waals surface area contributed by atoms with E-state index in [2.05, 4.69) is 20.8 Å². The van der Waals surface area contributed by atoms with Gasteiger partial charge >= 0.3 is 0 Å². The zero-order chi connectivity index (χ0) is 16.1. The monoisotopic (exact) mass is 314 g/mol. The zero-order valence-corrected chi connectivity index (χ0v) is 14.9. The maximum absolute atomic E-state index is 6.10. The van der Waals surface area contributed by atoms with Crippen molar-refractivity contribution < 1.29 is 18.9 Å². The molecule has 0 saturated carbocycles. The molecule has 6 atom stereocenters. The second-order valence-electron chi connectivity index (χ2n) is 7.39. The summed E-state index contributed by atoms with van der Waals surface area (Å²) >= 11 is 0. The van der Waals surface area contributed by atoms with E-state index in [-0.39, 0.29) is 12.2 Å². The lowest BCUT2D eigenvalue weighted by atomic mass is 9.78. The highest BCUT2D eigenvalue weighted by atomic mass is 16.5. The van der Waals surface area contributed by atoms with Crippen LogP contribution >= 0.6 is 0 Å². The molecule has 2 heterocycles. The Bertz CT molecular complexity index is 320. The topological polar surface area (TPSA) is 36.9 Å². The molecular weight excluding hydrogens is 280 g/mol. The minimum atomic E-state index is 0.236. The van der Waals surface area contributed by atoms with Crippen molar-refractivity contribution in [2.45, 2.75) is 58.3 Å². The number of ether oxygens (including phenoxy) is 4. The Labute approximate surface area is 135 Å². The highest BCUT2D eigenvalue weighted by Crippen LogP contribution is 2.35. The first-order valence-electron chi connectivity index (χ1n) is 8.81. The standard InChI is InChI=1S/C18H34O4/c1-12(2)16-9-14(22-11-18(16)20-5)8-13(3)15-6-7-21-10-17(15)19-4/h12-18H,6-11H2,1-5H3/t13?,14?,15-,16+,17-,18+/m0/s1. The number of hydrogen-bond donors (Lipinski definition) is 0. The fourth-order valence-electron chi connectivity index (χ4n) is 4.20. The summed E-state index contributed by atoms with van der Waals surface area (Å²) in [6.07, 6.45) is 4.17. The van der Waals surface area contributed by atoms with E-state index in [0.29, 0.717) is 29.8 Å². The third-order valence-electron chi connectivity index (χ3n) is 5.69. The quantitative estimate of drug-likeness (QED) is 0.755. The minimum absolute atomic E-state index is 0.236. The number of methoxy groups -OCH3 is 2. The molecule has 130 valence electrons. The van der Waals surface area contributed by atoms with Crippen molar-refractivity contribution in [3.63, 3.8) is 0 Å². The van der Waals surface area contributed by atoms with Crippen LogP contribution in [0.5, 0.6) is 0 Å². The van der Waals surface area contributed by atoms with Crippen molar-refractivity contribution in [2.75, 3.05) is 34.0 Å². The van der Waals surface area contributed by atoms with Gasteiger partial charge in [0.2, 0.25) is 0 Å². The molecule has 22 heavy (non-hydrogen) atoms. The van der Waals surface area contributed by atoms with Crippen molar-refractivity contribution in [1.82, 2.24) is 0 Å². The summed E-state index contributed by atoms with van der Waals surface area (Å²) in [4.78, 5) is 0. The lowest BCUT2D eigenvalue weighted by Gasteiger charge is -2.40. The molecule has 0 radical (unpaired) electrons. The third kappa shape index (κ3) is 4.44. The van der Waals surface area contributed by atoms with Crippen LogP contribution in [0.15, 0.2) is 0 Å². The Morgan fingerprint density at radius 2 is 1.68 bits per heavy atom. The van der Waals surface area contributed by atoms with Crippen molar-refractivity contribution in [1.29, 1.82) is 0 Å². The van der Waals surface area contributed by atoms with Crippen LogP contribution in [0.1, 0.15) is 40.0 Å². The molecule has 2 aliphatic heterocycles. The smallest absolute Gasteiger partial charge is 0.0836 e. The third-order valence-corrected chi connectivity index (χ3v) is 5.69. The van der Waals surface area contributed by atoms with Crippen LogP contribution in [0.25, 0.3) is 0 Å². The van der Waals surface area contributed by atoms with Gasteiger partial charge in [0.25, 0.3) is 0 Å². The summed E-state index contributed by atoms with van der Waals surface area (Å²) in [5.41, 5.74) is 0. The molecule has 2 fully saturated rings. The van der Waals surface area contributed by atoms with Gasteiger partial charge in [-0.3, -0.25) is 0 Å². The zero-order valence-electron chi connectivity index (χ0n) is 14.9. The molecule has 0 aliphatic carbocycles. The predicted octanol–water partition coefficient (Wildman–Crippen LogP) is 3.14. The molecule has 2 saturated heterocycles. The first-order valence-corrected chi connectivity index (χ1v) is 8.81. The molecule has 2 rings (SSSR count). The maximum atomic E-state index is 6.10. The Morgan fingerprint density at radius 1 is 1.00 bits per heavy atom. The Balaban J connectivity index is 1.89. The van der Waals surface area contributed by atoms with E-state index in [1.165, 1.54) is 0 Å². The van der Waals surface area contributed by atoms with E-state index in [1.807, 2.05) is 0 Å². The SMILES string of the molecule is CO[C@H]1COCC[C@H]1C(C)CC1C[C@H](C(C)C)[C@H](OC)CO1. The summed E-state index contributed by atoms with van der Waals surface area (Å²) in [6, 6.07) is 0. The van der Waals surface area contributed by atoms with Crippen LogP contribution in [0.3, 0.4) is 0 Å². The Morgan fingerprint density at radius 3 is 2.32 bits per heavy atom. The van der Waals surface area contributed by atoms with Gasteiger partial charge in [0.1, 0.15) is 0 Å². The fourth-order valence-corrected chi connectivity index (χ4v) is 4.20. The summed E-state index contributed by atoms with van der Waals surface area (Å²) < 4.78 is 22.9. The highest BCUT2D eigenvalue weighted by molar-refractivity contribution is 4.85. The van der Waals surface area contributed by atoms with E-state index in [1.54, 1.807) is 14.2 Å². The summed E-state index contributed by atoms with van der Waals surface area (Å²) in [6.45, 7) is 9.26. The van der Waals surface area contributed by atoms with Crippen LogP contribution < -0.4 is 0 Å². The van der Waals surface area contributed by atoms with Crippen LogP contribution in [0.2, 0.25) is 0 Å². The average molecular weight is 314 g/mol. The van der Waals surface area contributed by atoms with Crippen LogP contribution in [-0.4, -0.2) is 52.4 Å². The lowest BCUT2D eigenvalue weighted by molar-refractivity contribution is -0.128. The van der Waals surface area contributed by atoms with Gasteiger partial charge in [0, 0.05) is 20.8 Å². The molecule has 0 aromatic carbocycles. The lowest BCUT2D eigenvalue weighted by Crippen LogP contribution is -2.43. The minimum Gasteiger partial charge on any atom is -0.379 e. The highest BCUT2D eigenvalue weighted by Gasteiger charge is 2.36. The van der Waals surface area contributed by atoms with E-state index in [0.717, 1.165) is 39.1 Å². The molecule has 0 spiro atoms. The number of rotatable bonds is 6. The van der Waals surface area contributed by atoms with Crippen molar-refractivity contribution in [2.24, 2.45) is 23.7 Å². The molecule has 4 heteroatoms. The van der Waals surface area contributed by atoms with Gasteiger partial charge in [0.15, 0.2) is 0 Å². The van der Waals surface area contributed by atoms with Gasteiger partial charge in [-0.2, -0.15) is 0 Å². The molecule has 0 bridgehead atoms. The van der Waals surface area contributed by atoms with Crippen molar-refractivity contribution >= 4 is 0 Å². The van der Waals surface area contributed by atoms with Crippen LogP contribution in [0.4, 0.5) is 0 Å². The van der Waals surface area contributed by atoms with Gasteiger partial charge in [-0.25, -0.2) is 0 Å². The summed E-state index contributed by atoms with van der Waals surface area (Å²) in [5, 5.41) is 0. The predicted molar refractivity (Wildman–Crippen MR) is 87.0 cm³/mol. The van der Waals surface area contributed by atoms with E-state index < -0.39 is 0 Å². The molecule has 0 aromatic rings. The molecule has 0 amide bonds. The fraction of sp³-hybridized carbons (Fsp3) is 1.00. The number of hydrogen-bond acceptors (Lipinski definition) is 4. The molecule has 2 unspecified atom stereocenters. The normalized spacial score (nSPS) is 38.2. The van der Waals surface area contributed by atoms with Crippen molar-refractivity contribution in [3.8, 4) is 0 Å². The molecule has 2 aliphatic rings. The van der Waals surface area contributed by atoms with Crippen LogP contribution in [0, 0.1) is 23.7 Å². The van der Waals surface area contributed by atoms with E-state index in [9.17, 15) is 0 Å². The Kier molecular flexibility index (Phi) is 7.13. The Hall–Kier alpha value is -0.160. The van der Waals surface area contributed by atoms with Crippen LogP contribution in [-0.2, 0) is 18.9 Å². The van der Waals surface area contributed by atoms with E-state index >= 15 is 0 Å². The second kappa shape index (κ2) is 8.62. The summed E-state index contributed by atoms with van der Waals surface area (Å²) in [7, 11) is 3.60. The summed E-state index contributed by atoms with van der Waals surface area (Å²) in [5.74, 6) is 2.43. The van der Waals surface area contributed by atoms with Gasteiger partial charge in [-0.15, -0.1) is 0 Å². The van der Waals surface area contributed by atoms with Gasteiger partial charge in [-0.05, 0) is 42.9 Å². The maximum Gasteiger partial charge on any atom is 0.0836 e. The molecule has 0 aromatic heterocycles. The van der Waals surface area contributed by atoms with Gasteiger partial charge in [-0.1, -0.05) is 20.8 Å². The average Bonchev–Trinajstić information content (AvgIpc) is 2.54.